The summed E-state index contributed by atoms with van der Waals surface area (Å²) in [5.41, 5.74) is 0.911. The fourth-order valence-electron chi connectivity index (χ4n) is 2.32. The summed E-state index contributed by atoms with van der Waals surface area (Å²) >= 11 is 11.8. The maximum absolute atomic E-state index is 12.0. The normalized spacial score (nSPS) is 17.2. The number of carbonyl (C=O) groups excluding carboxylic acids is 1. The smallest absolute Gasteiger partial charge is 0.158 e. The summed E-state index contributed by atoms with van der Waals surface area (Å²) in [6.45, 7) is 0. The monoisotopic (exact) mass is 282 g/mol. The molecule has 2 rings (SSSR count). The van der Waals surface area contributed by atoms with E-state index in [4.69, 9.17) is 23.2 Å². The van der Waals surface area contributed by atoms with Gasteiger partial charge in [-0.2, -0.15) is 0 Å². The number of rotatable bonds is 3. The molecule has 96 valence electrons. The van der Waals surface area contributed by atoms with Gasteiger partial charge in [-0.3, -0.25) is 4.79 Å². The predicted molar refractivity (Wildman–Crippen MR) is 77.1 cm³/mol. The molecular weight excluding hydrogens is 267 g/mol. The summed E-state index contributed by atoms with van der Waals surface area (Å²) in [4.78, 5) is 12.0. The van der Waals surface area contributed by atoms with Gasteiger partial charge in [-0.1, -0.05) is 54.6 Å². The highest BCUT2D eigenvalue weighted by Gasteiger charge is 2.18. The minimum Gasteiger partial charge on any atom is -0.295 e. The van der Waals surface area contributed by atoms with Gasteiger partial charge in [0, 0.05) is 5.92 Å². The Balaban J connectivity index is 2.01. The van der Waals surface area contributed by atoms with Crippen LogP contribution in [0.2, 0.25) is 10.0 Å². The standard InChI is InChI=1S/C15H16Cl2O/c16-13-8-6-11(10-14(13)17)7-9-15(18)12-4-2-1-3-5-12/h6-10,12H,1-5H2/b9-7+. The van der Waals surface area contributed by atoms with Gasteiger partial charge in [0.2, 0.25) is 0 Å². The predicted octanol–water partition coefficient (Wildman–Crippen LogP) is 5.16. The lowest BCUT2D eigenvalue weighted by Gasteiger charge is -2.18. The molecule has 1 aromatic rings. The van der Waals surface area contributed by atoms with E-state index < -0.39 is 0 Å². The van der Waals surface area contributed by atoms with Crippen LogP contribution in [-0.4, -0.2) is 5.78 Å². The van der Waals surface area contributed by atoms with E-state index in [1.54, 1.807) is 18.2 Å². The van der Waals surface area contributed by atoms with E-state index >= 15 is 0 Å². The van der Waals surface area contributed by atoms with Gasteiger partial charge in [0.05, 0.1) is 10.0 Å². The highest BCUT2D eigenvalue weighted by Crippen LogP contribution is 2.26. The Kier molecular flexibility index (Phi) is 4.85. The van der Waals surface area contributed by atoms with Crippen molar-refractivity contribution >= 4 is 35.1 Å². The van der Waals surface area contributed by atoms with Gasteiger partial charge in [-0.05, 0) is 36.6 Å². The van der Waals surface area contributed by atoms with E-state index in [9.17, 15) is 4.79 Å². The highest BCUT2D eigenvalue weighted by molar-refractivity contribution is 6.42. The molecule has 0 aliphatic heterocycles. The Hall–Kier alpha value is -0.790. The van der Waals surface area contributed by atoms with E-state index in [1.165, 1.54) is 19.3 Å². The van der Waals surface area contributed by atoms with Crippen molar-refractivity contribution in [3.8, 4) is 0 Å². The lowest BCUT2D eigenvalue weighted by molar-refractivity contribution is -0.119. The molecule has 3 heteroatoms. The van der Waals surface area contributed by atoms with Crippen LogP contribution in [-0.2, 0) is 4.79 Å². The summed E-state index contributed by atoms with van der Waals surface area (Å²) in [6.07, 6.45) is 9.18. The number of hydrogen-bond acceptors (Lipinski definition) is 1. The van der Waals surface area contributed by atoms with Gasteiger partial charge in [0.1, 0.15) is 0 Å². The van der Waals surface area contributed by atoms with Crippen molar-refractivity contribution in [3.63, 3.8) is 0 Å². The molecule has 1 aromatic carbocycles. The first-order valence-electron chi connectivity index (χ1n) is 6.34. The second kappa shape index (κ2) is 6.40. The molecule has 1 aliphatic rings. The van der Waals surface area contributed by atoms with E-state index in [1.807, 2.05) is 12.1 Å². The second-order valence-electron chi connectivity index (χ2n) is 4.74. The van der Waals surface area contributed by atoms with Crippen molar-refractivity contribution in [1.29, 1.82) is 0 Å². The van der Waals surface area contributed by atoms with Gasteiger partial charge < -0.3 is 0 Å². The maximum atomic E-state index is 12.0. The minimum absolute atomic E-state index is 0.220. The van der Waals surface area contributed by atoms with E-state index in [0.29, 0.717) is 10.0 Å². The fraction of sp³-hybridized carbons (Fsp3) is 0.400. The molecule has 0 heterocycles. The third-order valence-electron chi connectivity index (χ3n) is 3.39. The van der Waals surface area contributed by atoms with Gasteiger partial charge in [0.25, 0.3) is 0 Å². The second-order valence-corrected chi connectivity index (χ2v) is 5.56. The maximum Gasteiger partial charge on any atom is 0.158 e. The molecule has 0 saturated heterocycles. The third kappa shape index (κ3) is 3.60. The summed E-state index contributed by atoms with van der Waals surface area (Å²) in [5.74, 6) is 0.457. The zero-order chi connectivity index (χ0) is 13.0. The van der Waals surface area contributed by atoms with Crippen LogP contribution in [0.1, 0.15) is 37.7 Å². The first kappa shape index (κ1) is 13.6. The number of allylic oxidation sites excluding steroid dienone is 1. The molecule has 0 bridgehead atoms. The molecule has 0 N–H and O–H groups in total. The molecule has 1 nitrogen and oxygen atoms in total. The molecule has 1 aliphatic carbocycles. The third-order valence-corrected chi connectivity index (χ3v) is 4.13. The number of ketones is 1. The van der Waals surface area contributed by atoms with Crippen molar-refractivity contribution in [2.45, 2.75) is 32.1 Å². The molecule has 1 saturated carbocycles. The number of halogens is 2. The lowest BCUT2D eigenvalue weighted by Crippen LogP contribution is -2.15. The Morgan fingerprint density at radius 3 is 2.50 bits per heavy atom. The van der Waals surface area contributed by atoms with Crippen LogP contribution in [0.4, 0.5) is 0 Å². The van der Waals surface area contributed by atoms with Crippen molar-refractivity contribution in [3.05, 3.63) is 39.9 Å². The van der Waals surface area contributed by atoms with Gasteiger partial charge in [-0.15, -0.1) is 0 Å². The summed E-state index contributed by atoms with van der Waals surface area (Å²) in [6, 6.07) is 5.38. The van der Waals surface area contributed by atoms with Crippen LogP contribution in [0, 0.1) is 5.92 Å². The topological polar surface area (TPSA) is 17.1 Å². The van der Waals surface area contributed by atoms with E-state index in [2.05, 4.69) is 0 Å². The van der Waals surface area contributed by atoms with Crippen LogP contribution >= 0.6 is 23.2 Å². The van der Waals surface area contributed by atoms with Gasteiger partial charge in [-0.25, -0.2) is 0 Å². The van der Waals surface area contributed by atoms with Crippen LogP contribution in [0.3, 0.4) is 0 Å². The van der Waals surface area contributed by atoms with Crippen molar-refractivity contribution < 1.29 is 4.79 Å². The van der Waals surface area contributed by atoms with Crippen LogP contribution in [0.15, 0.2) is 24.3 Å². The van der Waals surface area contributed by atoms with Crippen LogP contribution in [0.25, 0.3) is 6.08 Å². The van der Waals surface area contributed by atoms with Gasteiger partial charge >= 0.3 is 0 Å². The zero-order valence-electron chi connectivity index (χ0n) is 10.2. The highest BCUT2D eigenvalue weighted by atomic mass is 35.5. The number of carbonyl (C=O) groups is 1. The molecule has 1 fully saturated rings. The van der Waals surface area contributed by atoms with E-state index in [-0.39, 0.29) is 11.7 Å². The first-order chi connectivity index (χ1) is 8.66. The zero-order valence-corrected chi connectivity index (χ0v) is 11.7. The Bertz CT molecular complexity index is 460. The van der Waals surface area contributed by atoms with Crippen molar-refractivity contribution in [2.24, 2.45) is 5.92 Å². The molecule has 0 aromatic heterocycles. The minimum atomic E-state index is 0.220. The fourth-order valence-corrected chi connectivity index (χ4v) is 2.62. The van der Waals surface area contributed by atoms with E-state index in [0.717, 1.165) is 18.4 Å². The average molecular weight is 283 g/mol. The van der Waals surface area contributed by atoms with Crippen LogP contribution < -0.4 is 0 Å². The summed E-state index contributed by atoms with van der Waals surface area (Å²) < 4.78 is 0. The van der Waals surface area contributed by atoms with Crippen molar-refractivity contribution in [1.82, 2.24) is 0 Å². The number of benzene rings is 1. The Labute approximate surface area is 118 Å². The molecule has 0 radical (unpaired) electrons. The van der Waals surface area contributed by atoms with Crippen LogP contribution in [0.5, 0.6) is 0 Å². The largest absolute Gasteiger partial charge is 0.295 e. The Morgan fingerprint density at radius 2 is 1.83 bits per heavy atom. The molecule has 0 amide bonds. The summed E-state index contributed by atoms with van der Waals surface area (Å²) in [5, 5.41) is 1.05. The molecule has 18 heavy (non-hydrogen) atoms. The first-order valence-corrected chi connectivity index (χ1v) is 7.09. The molecule has 0 spiro atoms. The quantitative estimate of drug-likeness (QED) is 0.700. The lowest BCUT2D eigenvalue weighted by atomic mass is 9.86. The Morgan fingerprint density at radius 1 is 1.11 bits per heavy atom. The molecule has 0 atom stereocenters. The molecule has 0 unspecified atom stereocenters. The van der Waals surface area contributed by atoms with Gasteiger partial charge in [0.15, 0.2) is 5.78 Å². The SMILES string of the molecule is O=C(/C=C/c1ccc(Cl)c(Cl)c1)C1CCCCC1. The summed E-state index contributed by atoms with van der Waals surface area (Å²) in [7, 11) is 0. The average Bonchev–Trinajstić information content (AvgIpc) is 2.41. The van der Waals surface area contributed by atoms with Crippen molar-refractivity contribution in [2.75, 3.05) is 0 Å². The number of hydrogen-bond donors (Lipinski definition) is 0. The molecular formula is C15H16Cl2O.